The highest BCUT2D eigenvalue weighted by Crippen LogP contribution is 2.47. The summed E-state index contributed by atoms with van der Waals surface area (Å²) in [6.07, 6.45) is 5.26. The first kappa shape index (κ1) is 16.8. The molecule has 2 fully saturated rings. The zero-order valence-corrected chi connectivity index (χ0v) is 14.6. The van der Waals surface area contributed by atoms with Crippen LogP contribution in [-0.2, 0) is 4.79 Å². The van der Waals surface area contributed by atoms with Crippen molar-refractivity contribution in [1.82, 2.24) is 10.6 Å². The van der Waals surface area contributed by atoms with Crippen LogP contribution in [0.25, 0.3) is 0 Å². The number of hydrogen-bond donors (Lipinski definition) is 2. The molecule has 1 aliphatic carbocycles. The fourth-order valence-electron chi connectivity index (χ4n) is 3.67. The molecule has 2 N–H and O–H groups in total. The number of rotatable bonds is 6. The molecule has 1 aliphatic heterocycles. The molecule has 1 aromatic carbocycles. The van der Waals surface area contributed by atoms with Crippen molar-refractivity contribution in [2.45, 2.75) is 45.1 Å². The van der Waals surface area contributed by atoms with Crippen LogP contribution < -0.4 is 10.6 Å². The summed E-state index contributed by atoms with van der Waals surface area (Å²) in [5.74, 6) is 2.16. The van der Waals surface area contributed by atoms with Crippen LogP contribution in [0, 0.1) is 17.8 Å². The lowest BCUT2D eigenvalue weighted by molar-refractivity contribution is -0.122. The Morgan fingerprint density at radius 3 is 2.57 bits per heavy atom. The van der Waals surface area contributed by atoms with Gasteiger partial charge in [-0.25, -0.2) is 0 Å². The second-order valence-electron chi connectivity index (χ2n) is 7.21. The quantitative estimate of drug-likeness (QED) is 0.827. The second-order valence-corrected chi connectivity index (χ2v) is 7.64. The van der Waals surface area contributed by atoms with E-state index in [1.807, 2.05) is 24.3 Å². The first-order chi connectivity index (χ1) is 11.1. The minimum atomic E-state index is 0.141. The van der Waals surface area contributed by atoms with Gasteiger partial charge >= 0.3 is 0 Å². The number of hydrogen-bond acceptors (Lipinski definition) is 2. The molecular formula is C19H27ClN2O. The number of benzene rings is 1. The maximum Gasteiger partial charge on any atom is 0.220 e. The maximum absolute atomic E-state index is 12.4. The van der Waals surface area contributed by atoms with E-state index in [4.69, 9.17) is 11.6 Å². The van der Waals surface area contributed by atoms with Gasteiger partial charge in [-0.2, -0.15) is 0 Å². The molecule has 0 radical (unpaired) electrons. The predicted molar refractivity (Wildman–Crippen MR) is 94.4 cm³/mol. The first-order valence-electron chi connectivity index (χ1n) is 8.89. The molecule has 1 heterocycles. The van der Waals surface area contributed by atoms with E-state index in [1.165, 1.54) is 24.8 Å². The molecule has 1 saturated carbocycles. The van der Waals surface area contributed by atoms with E-state index in [-0.39, 0.29) is 11.9 Å². The standard InChI is InChI=1S/C19H27ClN2O/c1-13-12-17(13)19(15-3-5-16(20)6-4-15)22-18(23)7-2-14-8-10-21-11-9-14/h3-6,13-14,17,19,21H,2,7-12H2,1H3,(H,22,23). The second kappa shape index (κ2) is 7.67. The van der Waals surface area contributed by atoms with Gasteiger partial charge in [0.15, 0.2) is 0 Å². The van der Waals surface area contributed by atoms with Crippen molar-refractivity contribution in [2.75, 3.05) is 13.1 Å². The summed E-state index contributed by atoms with van der Waals surface area (Å²) in [5, 5.41) is 7.41. The minimum absolute atomic E-state index is 0.141. The molecular weight excluding hydrogens is 308 g/mol. The van der Waals surface area contributed by atoms with Gasteiger partial charge in [0.05, 0.1) is 6.04 Å². The van der Waals surface area contributed by atoms with Crippen LogP contribution in [0.5, 0.6) is 0 Å². The highest BCUT2D eigenvalue weighted by Gasteiger charge is 2.40. The molecule has 23 heavy (non-hydrogen) atoms. The van der Waals surface area contributed by atoms with Crippen LogP contribution >= 0.6 is 11.6 Å². The molecule has 0 bridgehead atoms. The van der Waals surface area contributed by atoms with Crippen LogP contribution in [-0.4, -0.2) is 19.0 Å². The average Bonchev–Trinajstić information content (AvgIpc) is 3.29. The van der Waals surface area contributed by atoms with Gasteiger partial charge in [-0.05, 0) is 74.2 Å². The number of halogens is 1. The van der Waals surface area contributed by atoms with Gasteiger partial charge in [0.1, 0.15) is 0 Å². The van der Waals surface area contributed by atoms with Crippen molar-refractivity contribution >= 4 is 17.5 Å². The third-order valence-electron chi connectivity index (χ3n) is 5.38. The highest BCUT2D eigenvalue weighted by molar-refractivity contribution is 6.30. The number of piperidine rings is 1. The molecule has 0 spiro atoms. The SMILES string of the molecule is CC1CC1C(NC(=O)CCC1CCNCC1)c1ccc(Cl)cc1. The summed E-state index contributed by atoms with van der Waals surface area (Å²) in [7, 11) is 0. The minimum Gasteiger partial charge on any atom is -0.349 e. The monoisotopic (exact) mass is 334 g/mol. The number of carbonyl (C=O) groups excluding carboxylic acids is 1. The van der Waals surface area contributed by atoms with Gasteiger partial charge in [-0.3, -0.25) is 4.79 Å². The maximum atomic E-state index is 12.4. The van der Waals surface area contributed by atoms with Crippen LogP contribution in [0.4, 0.5) is 0 Å². The normalized spacial score (nSPS) is 25.8. The summed E-state index contributed by atoms with van der Waals surface area (Å²) in [5.41, 5.74) is 1.18. The van der Waals surface area contributed by atoms with E-state index in [9.17, 15) is 4.79 Å². The number of nitrogens with one attached hydrogen (secondary N) is 2. The largest absolute Gasteiger partial charge is 0.349 e. The third kappa shape index (κ3) is 4.71. The smallest absolute Gasteiger partial charge is 0.220 e. The Balaban J connectivity index is 1.55. The Labute approximate surface area is 144 Å². The van der Waals surface area contributed by atoms with Gasteiger partial charge in [0, 0.05) is 11.4 Å². The van der Waals surface area contributed by atoms with E-state index in [0.29, 0.717) is 24.2 Å². The van der Waals surface area contributed by atoms with Crippen molar-refractivity contribution in [2.24, 2.45) is 17.8 Å². The Morgan fingerprint density at radius 1 is 1.30 bits per heavy atom. The first-order valence-corrected chi connectivity index (χ1v) is 9.27. The fraction of sp³-hybridized carbons (Fsp3) is 0.632. The molecule has 3 nitrogen and oxygen atoms in total. The summed E-state index contributed by atoms with van der Waals surface area (Å²) in [6, 6.07) is 8.06. The summed E-state index contributed by atoms with van der Waals surface area (Å²) < 4.78 is 0. The lowest BCUT2D eigenvalue weighted by Gasteiger charge is -2.23. The molecule has 126 valence electrons. The Morgan fingerprint density at radius 2 is 1.96 bits per heavy atom. The van der Waals surface area contributed by atoms with Gasteiger partial charge < -0.3 is 10.6 Å². The van der Waals surface area contributed by atoms with E-state index in [0.717, 1.165) is 24.5 Å². The summed E-state index contributed by atoms with van der Waals surface area (Å²) in [4.78, 5) is 12.4. The van der Waals surface area contributed by atoms with Crippen LogP contribution in [0.15, 0.2) is 24.3 Å². The molecule has 1 aromatic rings. The van der Waals surface area contributed by atoms with Gasteiger partial charge in [0.25, 0.3) is 0 Å². The molecule has 3 rings (SSSR count). The van der Waals surface area contributed by atoms with Crippen molar-refractivity contribution < 1.29 is 4.79 Å². The third-order valence-corrected chi connectivity index (χ3v) is 5.64. The van der Waals surface area contributed by atoms with Gasteiger partial charge in [0.2, 0.25) is 5.91 Å². The van der Waals surface area contributed by atoms with Crippen molar-refractivity contribution in [3.05, 3.63) is 34.9 Å². The van der Waals surface area contributed by atoms with Crippen LogP contribution in [0.2, 0.25) is 5.02 Å². The average molecular weight is 335 g/mol. The Kier molecular flexibility index (Phi) is 5.60. The number of amides is 1. The Hall–Kier alpha value is -1.06. The van der Waals surface area contributed by atoms with Gasteiger partial charge in [-0.15, -0.1) is 0 Å². The predicted octanol–water partition coefficient (Wildman–Crippen LogP) is 3.93. The molecule has 1 saturated heterocycles. The zero-order valence-electron chi connectivity index (χ0n) is 13.9. The fourth-order valence-corrected chi connectivity index (χ4v) is 3.80. The highest BCUT2D eigenvalue weighted by atomic mass is 35.5. The van der Waals surface area contributed by atoms with E-state index >= 15 is 0 Å². The van der Waals surface area contributed by atoms with Crippen molar-refractivity contribution in [1.29, 1.82) is 0 Å². The molecule has 0 aromatic heterocycles. The van der Waals surface area contributed by atoms with Crippen molar-refractivity contribution in [3.63, 3.8) is 0 Å². The van der Waals surface area contributed by atoms with Crippen molar-refractivity contribution in [3.8, 4) is 0 Å². The zero-order chi connectivity index (χ0) is 16.2. The molecule has 3 atom stereocenters. The molecule has 4 heteroatoms. The molecule has 1 amide bonds. The van der Waals surface area contributed by atoms with Crippen LogP contribution in [0.1, 0.15) is 50.6 Å². The molecule has 2 aliphatic rings. The van der Waals surface area contributed by atoms with E-state index in [1.54, 1.807) is 0 Å². The summed E-state index contributed by atoms with van der Waals surface area (Å²) in [6.45, 7) is 4.45. The molecule has 3 unspecified atom stereocenters. The topological polar surface area (TPSA) is 41.1 Å². The summed E-state index contributed by atoms with van der Waals surface area (Å²) >= 11 is 5.99. The Bertz CT molecular complexity index is 525. The van der Waals surface area contributed by atoms with E-state index < -0.39 is 0 Å². The number of carbonyl (C=O) groups is 1. The van der Waals surface area contributed by atoms with Gasteiger partial charge in [-0.1, -0.05) is 30.7 Å². The lowest BCUT2D eigenvalue weighted by atomic mass is 9.93. The lowest BCUT2D eigenvalue weighted by Crippen LogP contribution is -2.32. The van der Waals surface area contributed by atoms with E-state index in [2.05, 4.69) is 17.6 Å². The van der Waals surface area contributed by atoms with Crippen LogP contribution in [0.3, 0.4) is 0 Å².